The molecule has 3 aliphatic heterocycles. The lowest BCUT2D eigenvalue weighted by atomic mass is 9.97. The second-order valence-corrected chi connectivity index (χ2v) is 20.9. The van der Waals surface area contributed by atoms with E-state index in [1.54, 1.807) is 37.9 Å². The minimum Gasteiger partial charge on any atom is -0.492 e. The van der Waals surface area contributed by atoms with Gasteiger partial charge in [-0.2, -0.15) is 10.1 Å². The monoisotopic (exact) mass is 932 g/mol. The van der Waals surface area contributed by atoms with E-state index in [-0.39, 0.29) is 5.56 Å². The Hall–Kier alpha value is -4.63. The molecule has 13 nitrogen and oxygen atoms in total. The van der Waals surface area contributed by atoms with E-state index in [0.717, 1.165) is 95.7 Å². The molecule has 330 valence electrons. The van der Waals surface area contributed by atoms with Gasteiger partial charge in [-0.25, -0.2) is 18.4 Å². The molecule has 8 rings (SSSR count). The van der Waals surface area contributed by atoms with Crippen LogP contribution in [0.1, 0.15) is 39.2 Å². The molecule has 0 saturated carbocycles. The van der Waals surface area contributed by atoms with E-state index in [4.69, 9.17) is 9.72 Å². The van der Waals surface area contributed by atoms with E-state index in [1.807, 2.05) is 13.8 Å². The van der Waals surface area contributed by atoms with Gasteiger partial charge in [0, 0.05) is 118 Å². The maximum atomic E-state index is 13.7. The van der Waals surface area contributed by atoms with Crippen LogP contribution in [0.2, 0.25) is 0 Å². The molecule has 0 radical (unpaired) electrons. The summed E-state index contributed by atoms with van der Waals surface area (Å²) in [4.78, 5) is 32.3. The van der Waals surface area contributed by atoms with Crippen LogP contribution in [0.15, 0.2) is 64.1 Å². The number of hydrogen-bond acceptors (Lipinski definition) is 12. The molecule has 0 bridgehead atoms. The number of piperidine rings is 1. The van der Waals surface area contributed by atoms with Crippen LogP contribution < -0.4 is 36.0 Å². The van der Waals surface area contributed by atoms with Gasteiger partial charge in [0.1, 0.15) is 30.3 Å². The van der Waals surface area contributed by atoms with Gasteiger partial charge >= 0.3 is 0 Å². The number of ether oxygens (including phenoxy) is 1. The zero-order chi connectivity index (χ0) is 43.7. The van der Waals surface area contributed by atoms with E-state index >= 15 is 0 Å². The SMILES string of the molecule is CCOc1cc(N2CCC(N3CCN(CC4CN(c5cc(F)cc(F)c5)C4)CC3)CC2)c(CC)cc1Nc1ncc(Br)c(Nc2ccc3c(=O)n(CC)ncc3c2P(C)(C)=O)n1. The number of benzene rings is 3. The van der Waals surface area contributed by atoms with Crippen LogP contribution in [0, 0.1) is 17.6 Å². The van der Waals surface area contributed by atoms with Crippen molar-refractivity contribution >= 4 is 73.7 Å². The summed E-state index contributed by atoms with van der Waals surface area (Å²) in [5.74, 6) is 1.00. The van der Waals surface area contributed by atoms with Crippen molar-refractivity contribution in [3.63, 3.8) is 0 Å². The van der Waals surface area contributed by atoms with Gasteiger partial charge in [-0.15, -0.1) is 0 Å². The molecule has 0 unspecified atom stereocenters. The number of hydrogen-bond donors (Lipinski definition) is 2. The molecule has 62 heavy (non-hydrogen) atoms. The fourth-order valence-corrected chi connectivity index (χ4v) is 11.0. The number of rotatable bonds is 14. The van der Waals surface area contributed by atoms with Crippen LogP contribution in [0.4, 0.5) is 43.3 Å². The van der Waals surface area contributed by atoms with E-state index in [9.17, 15) is 18.1 Å². The molecule has 2 N–H and O–H groups in total. The van der Waals surface area contributed by atoms with Gasteiger partial charge in [-0.3, -0.25) is 9.69 Å². The zero-order valence-corrected chi connectivity index (χ0v) is 38.6. The largest absolute Gasteiger partial charge is 0.492 e. The first-order valence-corrected chi connectivity index (χ1v) is 25.1. The third-order valence-electron chi connectivity index (χ3n) is 12.4. The lowest BCUT2D eigenvalue weighted by molar-refractivity contribution is 0.0731. The molecule has 0 amide bonds. The van der Waals surface area contributed by atoms with Crippen molar-refractivity contribution in [1.29, 1.82) is 0 Å². The number of halogens is 3. The maximum Gasteiger partial charge on any atom is 0.274 e. The topological polar surface area (TPSA) is 124 Å². The van der Waals surface area contributed by atoms with E-state index in [2.05, 4.69) is 75.3 Å². The highest BCUT2D eigenvalue weighted by Gasteiger charge is 2.33. The minimum absolute atomic E-state index is 0.223. The van der Waals surface area contributed by atoms with Crippen molar-refractivity contribution in [3.8, 4) is 5.75 Å². The molecule has 0 spiro atoms. The van der Waals surface area contributed by atoms with Crippen molar-refractivity contribution in [1.82, 2.24) is 29.5 Å². The van der Waals surface area contributed by atoms with Crippen molar-refractivity contribution in [2.75, 3.05) is 99.3 Å². The van der Waals surface area contributed by atoms with Gasteiger partial charge in [-0.1, -0.05) is 6.92 Å². The Labute approximate surface area is 370 Å². The molecule has 3 fully saturated rings. The fourth-order valence-electron chi connectivity index (χ4n) is 9.24. The van der Waals surface area contributed by atoms with Crippen LogP contribution in [0.3, 0.4) is 0 Å². The Kier molecular flexibility index (Phi) is 13.2. The third-order valence-corrected chi connectivity index (χ3v) is 14.5. The Bertz CT molecular complexity index is 2510. The highest BCUT2D eigenvalue weighted by molar-refractivity contribution is 9.10. The Morgan fingerprint density at radius 3 is 2.26 bits per heavy atom. The molecule has 17 heteroatoms. The molecular weight excluding hydrogens is 877 g/mol. The second kappa shape index (κ2) is 18.6. The van der Waals surface area contributed by atoms with Gasteiger partial charge in [0.2, 0.25) is 5.95 Å². The molecule has 3 aromatic carbocycles. The Balaban J connectivity index is 0.906. The van der Waals surface area contributed by atoms with Crippen molar-refractivity contribution in [2.24, 2.45) is 5.92 Å². The number of fused-ring (bicyclic) bond motifs is 1. The van der Waals surface area contributed by atoms with Crippen LogP contribution in [0.5, 0.6) is 5.75 Å². The van der Waals surface area contributed by atoms with E-state index in [0.29, 0.717) is 68.8 Å². The van der Waals surface area contributed by atoms with Crippen molar-refractivity contribution in [2.45, 2.75) is 52.6 Å². The Morgan fingerprint density at radius 1 is 0.871 bits per heavy atom. The standard InChI is InChI=1S/C45H56BrF2N10O3P/c1-6-30-19-39(52-45-49-25-37(46)43(53-45)51-38-10-9-35-36(42(38)62(4,5)60)24-50-58(7-2)44(35)59)41(61-8-3)23-40(30)56-13-11-33(12-14-56)55-17-15-54(16-18-55)26-29-27-57(28-29)34-21-31(47)20-32(48)22-34/h9-10,19-25,29,33H,6-8,11-18,26-28H2,1-5H3,(H2,49,51,52,53). The lowest BCUT2D eigenvalue weighted by Crippen LogP contribution is -2.57. The first-order chi connectivity index (χ1) is 29.8. The van der Waals surface area contributed by atoms with Gasteiger partial charge in [0.05, 0.1) is 34.0 Å². The molecule has 0 aliphatic carbocycles. The number of aryl methyl sites for hydroxylation is 2. The zero-order valence-electron chi connectivity index (χ0n) is 36.1. The smallest absolute Gasteiger partial charge is 0.274 e. The summed E-state index contributed by atoms with van der Waals surface area (Å²) in [5.41, 5.74) is 4.14. The molecule has 5 aromatic rings. The normalized spacial score (nSPS) is 17.1. The summed E-state index contributed by atoms with van der Waals surface area (Å²) in [5, 5.41) is 12.7. The fraction of sp³-hybridized carbons (Fsp3) is 0.467. The highest BCUT2D eigenvalue weighted by Crippen LogP contribution is 2.42. The summed E-state index contributed by atoms with van der Waals surface area (Å²) >= 11 is 3.60. The summed E-state index contributed by atoms with van der Waals surface area (Å²) in [7, 11) is -2.90. The first kappa shape index (κ1) is 44.0. The molecular formula is C45H56BrF2N10O3P. The highest BCUT2D eigenvalue weighted by atomic mass is 79.9. The average molecular weight is 934 g/mol. The molecule has 3 aliphatic rings. The summed E-state index contributed by atoms with van der Waals surface area (Å²) in [6, 6.07) is 12.1. The van der Waals surface area contributed by atoms with Crippen LogP contribution >= 0.6 is 23.1 Å². The maximum absolute atomic E-state index is 13.7. The van der Waals surface area contributed by atoms with Crippen LogP contribution in [-0.4, -0.2) is 114 Å². The predicted molar refractivity (Wildman–Crippen MR) is 249 cm³/mol. The second-order valence-electron chi connectivity index (χ2n) is 16.9. The van der Waals surface area contributed by atoms with Crippen molar-refractivity contribution < 1.29 is 18.1 Å². The Morgan fingerprint density at radius 2 is 1.60 bits per heavy atom. The minimum atomic E-state index is -2.90. The summed E-state index contributed by atoms with van der Waals surface area (Å²) < 4.78 is 49.4. The van der Waals surface area contributed by atoms with E-state index < -0.39 is 18.8 Å². The van der Waals surface area contributed by atoms with Gasteiger partial charge < -0.3 is 34.6 Å². The van der Waals surface area contributed by atoms with E-state index in [1.165, 1.54) is 28.1 Å². The number of anilines is 6. The lowest BCUT2D eigenvalue weighted by Gasteiger charge is -2.46. The number of nitrogens with one attached hydrogen (secondary N) is 2. The molecule has 5 heterocycles. The predicted octanol–water partition coefficient (Wildman–Crippen LogP) is 7.67. The first-order valence-electron chi connectivity index (χ1n) is 21.7. The number of nitrogens with zero attached hydrogens (tertiary/aromatic N) is 8. The average Bonchev–Trinajstić information content (AvgIpc) is 3.23. The molecule has 2 aromatic heterocycles. The number of aromatic nitrogens is 4. The number of piperazine rings is 1. The van der Waals surface area contributed by atoms with Gasteiger partial charge in [0.25, 0.3) is 5.56 Å². The summed E-state index contributed by atoms with van der Waals surface area (Å²) in [6.45, 7) is 19.1. The van der Waals surface area contributed by atoms with Crippen LogP contribution in [-0.2, 0) is 17.5 Å². The molecule has 0 atom stereocenters. The van der Waals surface area contributed by atoms with Crippen LogP contribution in [0.25, 0.3) is 10.8 Å². The summed E-state index contributed by atoms with van der Waals surface area (Å²) in [6.07, 6.45) is 6.30. The van der Waals surface area contributed by atoms with Gasteiger partial charge in [0.15, 0.2) is 0 Å². The van der Waals surface area contributed by atoms with Crippen molar-refractivity contribution in [3.05, 3.63) is 86.9 Å². The molecule has 3 saturated heterocycles. The third kappa shape index (κ3) is 9.48. The van der Waals surface area contributed by atoms with Gasteiger partial charge in [-0.05, 0) is 98.3 Å². The quantitative estimate of drug-likeness (QED) is 0.106.